The van der Waals surface area contributed by atoms with E-state index in [1.807, 2.05) is 41.7 Å². The molecule has 3 aromatic heterocycles. The van der Waals surface area contributed by atoms with E-state index >= 15 is 0 Å². The lowest BCUT2D eigenvalue weighted by Gasteiger charge is -2.55. The van der Waals surface area contributed by atoms with Gasteiger partial charge in [-0.05, 0) is 189 Å². The summed E-state index contributed by atoms with van der Waals surface area (Å²) in [5, 5.41) is 19.5. The summed E-state index contributed by atoms with van der Waals surface area (Å²) in [7, 11) is 5.91. The van der Waals surface area contributed by atoms with Gasteiger partial charge in [0.1, 0.15) is 86.4 Å². The molecule has 16 rings (SSSR count). The number of hydrogen-bond donors (Lipinski definition) is 8. The van der Waals surface area contributed by atoms with Crippen LogP contribution >= 0.6 is 0 Å². The number of alkyl halides is 12. The minimum absolute atomic E-state index is 0.0278. The first-order chi connectivity index (χ1) is 67.8. The molecule has 8 aliphatic rings. The molecule has 142 heavy (non-hydrogen) atoms. The Morgan fingerprint density at radius 3 is 1.08 bits per heavy atom. The molecule has 8 N–H and O–H groups in total. The monoisotopic (exact) mass is 2000 g/mol. The highest BCUT2D eigenvalue weighted by atomic mass is 19.4. The Bertz CT molecular complexity index is 6180. The number of carbonyl (C=O) groups excluding carboxylic acids is 7. The van der Waals surface area contributed by atoms with Gasteiger partial charge < -0.3 is 80.4 Å². The first kappa shape index (κ1) is 106. The normalized spacial score (nSPS) is 17.0. The van der Waals surface area contributed by atoms with Crippen LogP contribution in [-0.2, 0) is 24.0 Å². The van der Waals surface area contributed by atoms with Crippen LogP contribution in [0.25, 0.3) is 33.1 Å². The van der Waals surface area contributed by atoms with Crippen molar-refractivity contribution in [3.63, 3.8) is 0 Å². The van der Waals surface area contributed by atoms with Crippen LogP contribution in [0.5, 0.6) is 46.0 Å². The third-order valence-electron chi connectivity index (χ3n) is 22.7. The van der Waals surface area contributed by atoms with E-state index in [4.69, 9.17) is 37.9 Å². The first-order valence-corrected chi connectivity index (χ1v) is 43.9. The average Bonchev–Trinajstić information content (AvgIpc) is 1.23. The van der Waals surface area contributed by atoms with E-state index in [2.05, 4.69) is 61.2 Å². The molecule has 5 aromatic carbocycles. The summed E-state index contributed by atoms with van der Waals surface area (Å²) in [6.07, 6.45) is -0.115. The molecule has 0 atom stereocenters. The minimum atomic E-state index is -4.98. The molecule has 31 nitrogen and oxygen atoms in total. The third-order valence-corrected chi connectivity index (χ3v) is 22.7. The van der Waals surface area contributed by atoms with E-state index in [0.717, 1.165) is 41.2 Å². The maximum absolute atomic E-state index is 13.9. The molecule has 4 saturated carbocycles. The maximum atomic E-state index is 13.9. The zero-order chi connectivity index (χ0) is 102. The zero-order valence-corrected chi connectivity index (χ0v) is 76.0. The van der Waals surface area contributed by atoms with Gasteiger partial charge in [0.15, 0.2) is 0 Å². The van der Waals surface area contributed by atoms with Gasteiger partial charge in [0.25, 0.3) is 23.7 Å². The van der Waals surface area contributed by atoms with Gasteiger partial charge in [-0.3, -0.25) is 63.5 Å². The van der Waals surface area contributed by atoms with E-state index in [1.165, 1.54) is 65.3 Å². The van der Waals surface area contributed by atoms with Crippen molar-refractivity contribution >= 4 is 103 Å². The molecule has 0 radical (unpaired) electrons. The van der Waals surface area contributed by atoms with Gasteiger partial charge in [-0.25, -0.2) is 4.98 Å². The standard InChI is InChI=1S/C27H32F3N3O4.C26H23F3N4O4.C21H17F7N4O3.C21H20F3N5O4/c1-36-20-4-2-5-21(37-7-3-6-31-25(35)27(28,29)30)23(20)19-11-22(32-15-19)33-24(34)26-12-16-8-17(13-26)10-18(9-16)14-26;1-36-19-8-4-9-20(37-13-5-11-31-25(35)26(27,28)29)22(19)17-14-21(32-15-17)33-24(34)23-18-7-3-2-6-16(18)10-12-30-23;1-34-11-4-2-5-12(35-7-3-6-29-20(33)21(26,27)28)14(11)10-8-13(30-9-10)31-17-15(22)18(24)32-19(25)16(17)23;1-32-15-4-2-5-16(33-9-3-6-27-20(31)21(22,23)24)18(15)13-10-17(28-11-13)29-19(30)14-12-25-7-8-26-14/h2,4-5,11,16-18H,3,6-10,12-15H2,1H3,(H,31,35)(H,32,33,34);2-4,6-10,12,14H,5,11,13,15H2,1H3,(H,31,35)(H,32,33,34);2,4-5,8H,3,6-7,9H2,1H3,(H,29,33)(H,30,31,32);2,4-5,7-8,10,12H,3,6,9,11H2,1H3,(H,27,31)(H,28,29,30). The van der Waals surface area contributed by atoms with Gasteiger partial charge in [-0.2, -0.15) is 75.2 Å². The summed E-state index contributed by atoms with van der Waals surface area (Å²) < 4.78 is 247. The SMILES string of the molecule is COc1cccc(OCCCNC(=O)C(F)(F)F)c1C1=CC(NC(=O)C23CC4CC(CC(C4)C2)C3)=NC1.COc1cccc(OCCCNC(=O)C(F)(F)F)c1C1=CC(NC(=O)c2cnccn2)=NC1.COc1cccc(OCCCNC(=O)C(F)(F)F)c1C1=CC(NC(=O)c2nccc3ccccc23)=NC1.COc1cccc(OCCCNC(=O)C(F)(F)F)c1C1=CC(Nc2c(F)c(F)nc(F)c2F)=NC1. The van der Waals surface area contributed by atoms with E-state index in [1.54, 1.807) is 114 Å². The second-order valence-corrected chi connectivity index (χ2v) is 32.5. The number of carbonyl (C=O) groups is 7. The number of nitrogens with one attached hydrogen (secondary N) is 8. The van der Waals surface area contributed by atoms with Crippen molar-refractivity contribution in [1.82, 2.24) is 57.2 Å². The number of ether oxygens (including phenoxy) is 8. The van der Waals surface area contributed by atoms with Crippen LogP contribution in [0.3, 0.4) is 0 Å². The highest BCUT2D eigenvalue weighted by molar-refractivity contribution is 6.18. The summed E-state index contributed by atoms with van der Waals surface area (Å²) in [4.78, 5) is 114. The highest BCUT2D eigenvalue weighted by Crippen LogP contribution is 2.60. The number of anilines is 1. The molecular weight excluding hydrogens is 1910 g/mol. The number of nitrogens with zero attached hydrogens (tertiary/aromatic N) is 8. The number of hydrogen-bond acceptors (Lipinski definition) is 24. The number of rotatable bonds is 32. The van der Waals surface area contributed by atoms with Crippen molar-refractivity contribution in [2.45, 2.75) is 88.9 Å². The summed E-state index contributed by atoms with van der Waals surface area (Å²) in [6, 6.07) is 29.5. The number of aliphatic imine (C=N–C) groups is 4. The summed E-state index contributed by atoms with van der Waals surface area (Å²) >= 11 is 0. The predicted octanol–water partition coefficient (Wildman–Crippen LogP) is 14.3. The van der Waals surface area contributed by atoms with Gasteiger partial charge in [0, 0.05) is 50.2 Å². The van der Waals surface area contributed by atoms with Gasteiger partial charge in [0.05, 0.1) is 115 Å². The Balaban J connectivity index is 0.000000169. The summed E-state index contributed by atoms with van der Waals surface area (Å²) in [6.45, 7) is 0.124. The molecule has 4 bridgehead atoms. The number of pyridine rings is 2. The minimum Gasteiger partial charge on any atom is -0.496 e. The number of halogens is 16. The molecule has 0 unspecified atom stereocenters. The lowest BCUT2D eigenvalue weighted by molar-refractivity contribution is -0.173. The van der Waals surface area contributed by atoms with Crippen LogP contribution in [-0.4, -0.2) is 217 Å². The van der Waals surface area contributed by atoms with Gasteiger partial charge >= 0.3 is 48.3 Å². The molecule has 754 valence electrons. The molecule has 4 aliphatic heterocycles. The van der Waals surface area contributed by atoms with Crippen molar-refractivity contribution in [3.05, 3.63) is 209 Å². The van der Waals surface area contributed by atoms with Crippen molar-refractivity contribution < 1.29 is 142 Å². The number of methoxy groups -OCH3 is 4. The lowest BCUT2D eigenvalue weighted by Crippen LogP contribution is -2.54. The number of amides is 7. The predicted molar refractivity (Wildman–Crippen MR) is 485 cm³/mol. The smallest absolute Gasteiger partial charge is 0.471 e. The second kappa shape index (κ2) is 47.6. The number of benzene rings is 5. The van der Waals surface area contributed by atoms with Gasteiger partial charge in [-0.1, -0.05) is 48.5 Å². The van der Waals surface area contributed by atoms with Crippen LogP contribution in [0.1, 0.15) is 107 Å². The Hall–Kier alpha value is -15.3. The maximum Gasteiger partial charge on any atom is 0.471 e. The fourth-order valence-corrected chi connectivity index (χ4v) is 16.7. The summed E-state index contributed by atoms with van der Waals surface area (Å²) in [5.41, 5.74) is 4.03. The molecule has 7 amide bonds. The molecule has 7 heterocycles. The molecule has 4 fully saturated rings. The number of aromatic nitrogens is 4. The first-order valence-electron chi connectivity index (χ1n) is 43.9. The quantitative estimate of drug-likeness (QED) is 0.0110. The topological polar surface area (TPSA) is 391 Å². The Morgan fingerprint density at radius 1 is 0.387 bits per heavy atom. The number of fused-ring (bicyclic) bond motifs is 1. The average molecular weight is 2000 g/mol. The van der Waals surface area contributed by atoms with Crippen LogP contribution in [0.4, 0.5) is 75.9 Å². The summed E-state index contributed by atoms with van der Waals surface area (Å²) in [5.74, 6) is -9.29. The van der Waals surface area contributed by atoms with Crippen LogP contribution in [0.2, 0.25) is 0 Å². The zero-order valence-electron chi connectivity index (χ0n) is 76.0. The van der Waals surface area contributed by atoms with Crippen molar-refractivity contribution in [3.8, 4) is 46.0 Å². The molecule has 0 spiro atoms. The molecule has 47 heteroatoms. The number of amidine groups is 4. The van der Waals surface area contributed by atoms with Crippen molar-refractivity contribution in [2.75, 3.05) is 113 Å². The molecule has 4 aliphatic carbocycles. The van der Waals surface area contributed by atoms with Gasteiger partial charge in [0.2, 0.25) is 17.5 Å². The Kier molecular flexibility index (Phi) is 35.4. The van der Waals surface area contributed by atoms with E-state index in [9.17, 15) is 104 Å². The van der Waals surface area contributed by atoms with E-state index in [-0.39, 0.29) is 132 Å². The van der Waals surface area contributed by atoms with Crippen molar-refractivity contribution in [1.29, 1.82) is 0 Å². The van der Waals surface area contributed by atoms with E-state index in [0.29, 0.717) is 115 Å². The second-order valence-electron chi connectivity index (χ2n) is 32.5. The largest absolute Gasteiger partial charge is 0.496 e. The molecule has 0 saturated heterocycles. The Labute approximate surface area is 799 Å². The molecular formula is C95H92F16N16O15. The van der Waals surface area contributed by atoms with Crippen LogP contribution in [0, 0.1) is 46.7 Å². The fourth-order valence-electron chi connectivity index (χ4n) is 16.7. The highest BCUT2D eigenvalue weighted by Gasteiger charge is 2.55. The van der Waals surface area contributed by atoms with Crippen molar-refractivity contribution in [2.24, 2.45) is 43.1 Å². The fraction of sp³-hybridized carbons (Fsp3) is 0.358. The van der Waals surface area contributed by atoms with Crippen LogP contribution < -0.4 is 80.4 Å². The van der Waals surface area contributed by atoms with Crippen LogP contribution in [0.15, 0.2) is 172 Å². The molecule has 8 aromatic rings. The Morgan fingerprint density at radius 2 is 0.725 bits per heavy atom. The van der Waals surface area contributed by atoms with Gasteiger partial charge in [-0.15, -0.1) is 0 Å². The van der Waals surface area contributed by atoms with E-state index < -0.39 is 89.4 Å². The third kappa shape index (κ3) is 27.7. The lowest BCUT2D eigenvalue weighted by atomic mass is 9.49.